The fourth-order valence-corrected chi connectivity index (χ4v) is 0.633. The molecule has 0 fully saturated rings. The van der Waals surface area contributed by atoms with Gasteiger partial charge in [-0.2, -0.15) is 5.10 Å². The van der Waals surface area contributed by atoms with Gasteiger partial charge >= 0.3 is 0 Å². The van der Waals surface area contributed by atoms with Crippen LogP contribution in [-0.4, -0.2) is 31.2 Å². The van der Waals surface area contributed by atoms with Crippen molar-refractivity contribution in [2.24, 2.45) is 10.1 Å². The van der Waals surface area contributed by atoms with Gasteiger partial charge in [0.05, 0.1) is 6.54 Å². The first kappa shape index (κ1) is 6.01. The highest BCUT2D eigenvalue weighted by atomic mass is 15.5. The van der Waals surface area contributed by atoms with Crippen LogP contribution < -0.4 is 0 Å². The molecule has 0 N–H and O–H groups in total. The van der Waals surface area contributed by atoms with Crippen LogP contribution in [0.4, 0.5) is 0 Å². The van der Waals surface area contributed by atoms with Crippen molar-refractivity contribution in [3.8, 4) is 0 Å². The third-order valence-electron chi connectivity index (χ3n) is 1.03. The molecule has 0 aromatic rings. The maximum absolute atomic E-state index is 4.01. The molecule has 0 aromatic carbocycles. The van der Waals surface area contributed by atoms with Crippen LogP contribution >= 0.6 is 0 Å². The van der Waals surface area contributed by atoms with Gasteiger partial charge in [-0.15, -0.1) is 0 Å². The third-order valence-corrected chi connectivity index (χ3v) is 1.03. The summed E-state index contributed by atoms with van der Waals surface area (Å²) in [5.41, 5.74) is 0. The summed E-state index contributed by atoms with van der Waals surface area (Å²) >= 11 is 0. The zero-order valence-electron chi connectivity index (χ0n) is 5.20. The van der Waals surface area contributed by atoms with E-state index in [9.17, 15) is 0 Å². The Morgan fingerprint density at radius 2 is 2.67 bits per heavy atom. The van der Waals surface area contributed by atoms with Gasteiger partial charge < -0.3 is 0 Å². The van der Waals surface area contributed by atoms with Crippen LogP contribution in [0.1, 0.15) is 0 Å². The number of hydrazone groups is 1. The second-order valence-corrected chi connectivity index (χ2v) is 1.75. The minimum atomic E-state index is 0.584. The molecule has 0 aromatic heterocycles. The lowest BCUT2D eigenvalue weighted by Gasteiger charge is -2.14. The number of aliphatic imine (C=N–C) groups is 1. The molecule has 0 unspecified atom stereocenters. The number of allylic oxidation sites excluding steroid dienone is 1. The second kappa shape index (κ2) is 3.02. The summed E-state index contributed by atoms with van der Waals surface area (Å²) < 4.78 is 0. The number of hydrogen-bond acceptors (Lipinski definition) is 3. The average molecular weight is 123 g/mol. The Morgan fingerprint density at radius 3 is 3.22 bits per heavy atom. The monoisotopic (exact) mass is 123 g/mol. The van der Waals surface area contributed by atoms with E-state index in [0.717, 1.165) is 6.54 Å². The van der Waals surface area contributed by atoms with Gasteiger partial charge in [0.1, 0.15) is 6.67 Å². The van der Waals surface area contributed by atoms with Crippen LogP contribution in [0.3, 0.4) is 0 Å². The molecule has 0 radical (unpaired) electrons. The Hall–Kier alpha value is -1.12. The first-order valence-corrected chi connectivity index (χ1v) is 2.80. The van der Waals surface area contributed by atoms with Gasteiger partial charge in [-0.1, -0.05) is 6.08 Å². The molecule has 0 amide bonds. The van der Waals surface area contributed by atoms with Crippen LogP contribution in [0.25, 0.3) is 0 Å². The van der Waals surface area contributed by atoms with Gasteiger partial charge in [0.25, 0.3) is 0 Å². The topological polar surface area (TPSA) is 28.0 Å². The van der Waals surface area contributed by atoms with Crippen molar-refractivity contribution in [2.45, 2.75) is 0 Å². The quantitative estimate of drug-likeness (QED) is 0.491. The average Bonchev–Trinajstić information content (AvgIpc) is 1.91. The number of rotatable bonds is 2. The largest absolute Gasteiger partial charge is 0.278 e. The van der Waals surface area contributed by atoms with E-state index in [4.69, 9.17) is 0 Å². The van der Waals surface area contributed by atoms with E-state index in [-0.39, 0.29) is 0 Å². The highest BCUT2D eigenvalue weighted by Crippen LogP contribution is 1.93. The molecule has 0 atom stereocenters. The lowest BCUT2D eigenvalue weighted by molar-refractivity contribution is 0.331. The number of hydrogen-bond donors (Lipinski definition) is 0. The highest BCUT2D eigenvalue weighted by Gasteiger charge is 1.95. The summed E-state index contributed by atoms with van der Waals surface area (Å²) in [4.78, 5) is 3.69. The molecular weight excluding hydrogens is 114 g/mol. The zero-order chi connectivity index (χ0) is 6.53. The second-order valence-electron chi connectivity index (χ2n) is 1.75. The van der Waals surface area contributed by atoms with Crippen molar-refractivity contribution >= 4 is 12.9 Å². The Balaban J connectivity index is 2.36. The normalized spacial score (nSPS) is 16.2. The fourth-order valence-electron chi connectivity index (χ4n) is 0.633. The van der Waals surface area contributed by atoms with Gasteiger partial charge in [0, 0.05) is 6.21 Å². The van der Waals surface area contributed by atoms with Crippen molar-refractivity contribution in [1.82, 2.24) is 5.01 Å². The van der Waals surface area contributed by atoms with E-state index in [0.29, 0.717) is 6.67 Å². The molecule has 0 spiro atoms. The third kappa shape index (κ3) is 1.68. The van der Waals surface area contributed by atoms with E-state index >= 15 is 0 Å². The van der Waals surface area contributed by atoms with Crippen molar-refractivity contribution in [3.63, 3.8) is 0 Å². The molecule has 1 rings (SSSR count). The summed E-state index contributed by atoms with van der Waals surface area (Å²) in [5, 5.41) is 5.83. The standard InChI is InChI=1S/C6H9N3/c1-7-6-9-5-3-2-4-8-9/h2-4H,1,5-6H2. The highest BCUT2D eigenvalue weighted by molar-refractivity contribution is 5.71. The van der Waals surface area contributed by atoms with E-state index < -0.39 is 0 Å². The summed E-state index contributed by atoms with van der Waals surface area (Å²) in [6.07, 6.45) is 5.69. The van der Waals surface area contributed by atoms with Gasteiger partial charge in [-0.05, 0) is 12.8 Å². The minimum Gasteiger partial charge on any atom is -0.278 e. The Kier molecular flexibility index (Phi) is 2.01. The maximum Gasteiger partial charge on any atom is 0.126 e. The molecule has 3 heteroatoms. The lowest BCUT2D eigenvalue weighted by Crippen LogP contribution is -2.19. The molecule has 1 aliphatic heterocycles. The van der Waals surface area contributed by atoms with Crippen molar-refractivity contribution in [2.75, 3.05) is 13.2 Å². The van der Waals surface area contributed by atoms with Crippen LogP contribution in [-0.2, 0) is 0 Å². The summed E-state index contributed by atoms with van der Waals surface area (Å²) in [7, 11) is 0. The Bertz CT molecular complexity index is 146. The number of nitrogens with zero attached hydrogens (tertiary/aromatic N) is 3. The smallest absolute Gasteiger partial charge is 0.126 e. The molecule has 1 heterocycles. The fraction of sp³-hybridized carbons (Fsp3) is 0.333. The van der Waals surface area contributed by atoms with Gasteiger partial charge in [-0.3, -0.25) is 10.0 Å². The Labute approximate surface area is 54.4 Å². The van der Waals surface area contributed by atoms with Gasteiger partial charge in [-0.25, -0.2) is 0 Å². The molecule has 9 heavy (non-hydrogen) atoms. The lowest BCUT2D eigenvalue weighted by atomic mass is 10.5. The first-order valence-electron chi connectivity index (χ1n) is 2.80. The van der Waals surface area contributed by atoms with Crippen molar-refractivity contribution < 1.29 is 0 Å². The molecular formula is C6H9N3. The SMILES string of the molecule is C=NCN1CC=CC=N1. The summed E-state index contributed by atoms with van der Waals surface area (Å²) in [6, 6.07) is 0. The van der Waals surface area contributed by atoms with E-state index in [1.807, 2.05) is 17.2 Å². The van der Waals surface area contributed by atoms with E-state index in [1.54, 1.807) is 6.21 Å². The van der Waals surface area contributed by atoms with E-state index in [1.165, 1.54) is 0 Å². The molecule has 3 nitrogen and oxygen atoms in total. The summed E-state index contributed by atoms with van der Waals surface area (Å²) in [6.45, 7) is 4.79. The van der Waals surface area contributed by atoms with Crippen LogP contribution in [0.2, 0.25) is 0 Å². The predicted molar refractivity (Wildman–Crippen MR) is 38.8 cm³/mol. The van der Waals surface area contributed by atoms with Crippen molar-refractivity contribution in [1.29, 1.82) is 0 Å². The summed E-state index contributed by atoms with van der Waals surface area (Å²) in [5.74, 6) is 0. The molecule has 0 aliphatic carbocycles. The first-order chi connectivity index (χ1) is 4.43. The van der Waals surface area contributed by atoms with Gasteiger partial charge in [0.15, 0.2) is 0 Å². The van der Waals surface area contributed by atoms with Crippen LogP contribution in [0.15, 0.2) is 22.2 Å². The van der Waals surface area contributed by atoms with E-state index in [2.05, 4.69) is 16.8 Å². The zero-order valence-corrected chi connectivity index (χ0v) is 5.20. The minimum absolute atomic E-state index is 0.584. The molecule has 0 bridgehead atoms. The maximum atomic E-state index is 4.01. The predicted octanol–water partition coefficient (Wildman–Crippen LogP) is 0.502. The van der Waals surface area contributed by atoms with Crippen LogP contribution in [0, 0.1) is 0 Å². The molecule has 1 aliphatic rings. The molecule has 48 valence electrons. The molecule has 0 saturated carbocycles. The van der Waals surface area contributed by atoms with Gasteiger partial charge in [0.2, 0.25) is 0 Å². The Morgan fingerprint density at radius 1 is 1.78 bits per heavy atom. The van der Waals surface area contributed by atoms with Crippen LogP contribution in [0.5, 0.6) is 0 Å². The molecule has 0 saturated heterocycles. The van der Waals surface area contributed by atoms with Crippen molar-refractivity contribution in [3.05, 3.63) is 12.2 Å².